The molecule has 2 heterocycles. The first kappa shape index (κ1) is 34.4. The van der Waals surface area contributed by atoms with E-state index in [4.69, 9.17) is 26.8 Å². The second kappa shape index (κ2) is 15.1. The Morgan fingerprint density at radius 1 is 1.20 bits per heavy atom. The van der Waals surface area contributed by atoms with Gasteiger partial charge in [0.2, 0.25) is 11.6 Å². The van der Waals surface area contributed by atoms with E-state index in [1.165, 1.54) is 0 Å². The zero-order valence-corrected chi connectivity index (χ0v) is 27.1. The van der Waals surface area contributed by atoms with Crippen LogP contribution < -0.4 is 10.6 Å². The maximum atomic E-state index is 13.1. The van der Waals surface area contributed by atoms with Crippen LogP contribution in [-0.2, 0) is 30.3 Å². The zero-order valence-electron chi connectivity index (χ0n) is 26.3. The number of thioether (sulfide) groups is 1. The summed E-state index contributed by atoms with van der Waals surface area (Å²) in [6.45, 7) is 19.8. The van der Waals surface area contributed by atoms with Gasteiger partial charge in [0.1, 0.15) is 33.9 Å². The summed E-state index contributed by atoms with van der Waals surface area (Å²) in [6.07, 6.45) is 1.02. The van der Waals surface area contributed by atoms with Crippen molar-refractivity contribution in [3.63, 3.8) is 0 Å². The van der Waals surface area contributed by atoms with Crippen molar-refractivity contribution >= 4 is 41.1 Å². The van der Waals surface area contributed by atoms with Crippen LogP contribution in [-0.4, -0.2) is 47.6 Å². The van der Waals surface area contributed by atoms with E-state index in [0.717, 1.165) is 11.8 Å². The van der Waals surface area contributed by atoms with E-state index in [9.17, 15) is 19.6 Å². The topological polar surface area (TPSA) is 140 Å². The van der Waals surface area contributed by atoms with Crippen LogP contribution in [0.2, 0.25) is 0 Å². The number of piperidine rings is 1. The van der Waals surface area contributed by atoms with Gasteiger partial charge in [-0.05, 0) is 44.2 Å². The van der Waals surface area contributed by atoms with Gasteiger partial charge in [-0.15, -0.1) is 0 Å². The highest BCUT2D eigenvalue weighted by Crippen LogP contribution is 2.43. The number of anilines is 1. The Morgan fingerprint density at radius 3 is 2.34 bits per heavy atom. The van der Waals surface area contributed by atoms with Crippen LogP contribution in [0.1, 0.15) is 82.7 Å². The molecule has 1 amide bonds. The number of nitrogens with two attached hydrogens (primary N) is 1. The molecule has 44 heavy (non-hydrogen) atoms. The van der Waals surface area contributed by atoms with Gasteiger partial charge in [-0.2, -0.15) is 5.26 Å². The van der Waals surface area contributed by atoms with Crippen molar-refractivity contribution in [3.05, 3.63) is 58.4 Å². The minimum absolute atomic E-state index is 0.0499. The molecule has 1 aromatic carbocycles. The lowest BCUT2D eigenvalue weighted by Crippen LogP contribution is -2.40. The number of carbonyl (C=O) groups is 3. The van der Waals surface area contributed by atoms with E-state index in [1.807, 2.05) is 43.9 Å². The molecule has 1 aliphatic rings. The number of nitrogens with zero attached hydrogens (tertiary/aromatic N) is 4. The number of hydrogen-bond acceptors (Lipinski definition) is 9. The highest BCUT2D eigenvalue weighted by atomic mass is 32.2. The third-order valence-corrected chi connectivity index (χ3v) is 8.59. The second-order valence-corrected chi connectivity index (χ2v) is 13.2. The van der Waals surface area contributed by atoms with Crippen LogP contribution in [0, 0.1) is 29.7 Å². The Balaban J connectivity index is 1.82. The maximum Gasteiger partial charge on any atom is 0.310 e. The number of carbonyl (C=O) groups excluding carboxylic acids is 3. The molecule has 0 radical (unpaired) electrons. The molecule has 1 fully saturated rings. The van der Waals surface area contributed by atoms with Crippen LogP contribution >= 0.6 is 11.8 Å². The van der Waals surface area contributed by atoms with Crippen molar-refractivity contribution in [3.8, 4) is 6.07 Å². The third kappa shape index (κ3) is 8.73. The molecule has 11 heteroatoms. The molecule has 0 aliphatic carbocycles. The van der Waals surface area contributed by atoms with Crippen molar-refractivity contribution in [2.24, 2.45) is 17.6 Å². The van der Waals surface area contributed by atoms with Crippen molar-refractivity contribution in [2.75, 3.05) is 18.0 Å². The maximum absolute atomic E-state index is 13.1. The average molecular weight is 620 g/mol. The number of amides is 1. The number of rotatable bonds is 11. The minimum atomic E-state index is -0.771. The lowest BCUT2D eigenvalue weighted by Gasteiger charge is -2.34. The van der Waals surface area contributed by atoms with E-state index in [1.54, 1.807) is 32.9 Å². The molecular formula is C33H41N5O5S. The summed E-state index contributed by atoms with van der Waals surface area (Å²) in [5, 5.41) is 9.64. The van der Waals surface area contributed by atoms with Crippen LogP contribution in [0.5, 0.6) is 0 Å². The van der Waals surface area contributed by atoms with Gasteiger partial charge in [-0.25, -0.2) is 9.83 Å². The minimum Gasteiger partial charge on any atom is -0.462 e. The summed E-state index contributed by atoms with van der Waals surface area (Å²) in [7, 11) is 0. The van der Waals surface area contributed by atoms with E-state index < -0.39 is 34.6 Å². The Morgan fingerprint density at radius 2 is 1.84 bits per heavy atom. The Kier molecular flexibility index (Phi) is 11.8. The summed E-state index contributed by atoms with van der Waals surface area (Å²) in [6, 6.07) is 11.3. The molecule has 1 aliphatic heterocycles. The standard InChI is InChI=1S/C33H41N5O5S/c1-8-23-25(19-34)31(44-28(29(35)40)21-12-10-9-11-13-21)37-30(27(23)36-7)38-16-14-22(15-17-38)42-32(41)24(20(2)3)18-26(39)43-33(4,5)6/h9-13,20,22,24,28H,8,14-18H2,1-6H3,(H2,35,40)/t24-,28?/m0/s1. The highest BCUT2D eigenvalue weighted by Gasteiger charge is 2.33. The number of aromatic nitrogens is 1. The van der Waals surface area contributed by atoms with E-state index in [0.29, 0.717) is 60.0 Å². The molecule has 0 bridgehead atoms. The molecule has 0 spiro atoms. The summed E-state index contributed by atoms with van der Waals surface area (Å²) < 4.78 is 11.3. The molecule has 2 N–H and O–H groups in total. The monoisotopic (exact) mass is 619 g/mol. The van der Waals surface area contributed by atoms with Gasteiger partial charge >= 0.3 is 11.9 Å². The predicted molar refractivity (Wildman–Crippen MR) is 169 cm³/mol. The van der Waals surface area contributed by atoms with Crippen molar-refractivity contribution in [1.29, 1.82) is 5.26 Å². The largest absolute Gasteiger partial charge is 0.462 e. The number of primary amides is 1. The number of benzene rings is 1. The third-order valence-electron chi connectivity index (χ3n) is 7.33. The fourth-order valence-electron chi connectivity index (χ4n) is 5.09. The van der Waals surface area contributed by atoms with E-state index >= 15 is 0 Å². The fourth-order valence-corrected chi connectivity index (χ4v) is 6.15. The predicted octanol–water partition coefficient (Wildman–Crippen LogP) is 5.90. The fraction of sp³-hybridized carbons (Fsp3) is 0.515. The number of hydrogen-bond donors (Lipinski definition) is 1. The lowest BCUT2D eigenvalue weighted by molar-refractivity contribution is -0.165. The number of ether oxygens (including phenoxy) is 2. The van der Waals surface area contributed by atoms with Gasteiger partial charge in [0.05, 0.1) is 24.5 Å². The molecule has 1 unspecified atom stereocenters. The first-order chi connectivity index (χ1) is 20.8. The van der Waals surface area contributed by atoms with Gasteiger partial charge in [0.25, 0.3) is 0 Å². The van der Waals surface area contributed by atoms with Crippen molar-refractivity contribution in [1.82, 2.24) is 4.98 Å². The highest BCUT2D eigenvalue weighted by molar-refractivity contribution is 8.00. The molecule has 10 nitrogen and oxygen atoms in total. The van der Waals surface area contributed by atoms with Crippen LogP contribution in [0.4, 0.5) is 11.5 Å². The average Bonchev–Trinajstić information content (AvgIpc) is 2.97. The summed E-state index contributed by atoms with van der Waals surface area (Å²) >= 11 is 1.11. The molecule has 0 saturated carbocycles. The molecular weight excluding hydrogens is 578 g/mol. The van der Waals surface area contributed by atoms with Crippen LogP contribution in [0.25, 0.3) is 4.85 Å². The Hall–Kier alpha value is -4.09. The smallest absolute Gasteiger partial charge is 0.310 e. The second-order valence-electron chi connectivity index (χ2n) is 12.1. The number of pyridine rings is 1. The van der Waals surface area contributed by atoms with Gasteiger partial charge in [0.15, 0.2) is 0 Å². The molecule has 1 aromatic heterocycles. The molecule has 2 atom stereocenters. The van der Waals surface area contributed by atoms with Crippen LogP contribution in [0.3, 0.4) is 0 Å². The molecule has 234 valence electrons. The molecule has 2 aromatic rings. The van der Waals surface area contributed by atoms with Gasteiger partial charge < -0.3 is 20.1 Å². The summed E-state index contributed by atoms with van der Waals surface area (Å²) in [5.74, 6) is -1.71. The first-order valence-corrected chi connectivity index (χ1v) is 15.7. The van der Waals surface area contributed by atoms with Gasteiger partial charge in [-0.1, -0.05) is 62.9 Å². The van der Waals surface area contributed by atoms with Crippen LogP contribution in [0.15, 0.2) is 35.4 Å². The van der Waals surface area contributed by atoms with Crippen molar-refractivity contribution < 1.29 is 23.9 Å². The number of esters is 2. The quantitative estimate of drug-likeness (QED) is 0.185. The number of nitriles is 1. The van der Waals surface area contributed by atoms with E-state index in [-0.39, 0.29) is 24.0 Å². The van der Waals surface area contributed by atoms with Gasteiger partial charge in [0, 0.05) is 25.9 Å². The van der Waals surface area contributed by atoms with Gasteiger partial charge in [-0.3, -0.25) is 14.4 Å². The Labute approximate surface area is 264 Å². The SMILES string of the molecule is [C-]#[N+]c1c(N2CCC(OC(=O)[C@@H](CC(=O)OC(C)(C)C)C(C)C)CC2)nc(SC(C(N)=O)c2ccccc2)c(C#N)c1CC. The summed E-state index contributed by atoms with van der Waals surface area (Å²) in [4.78, 5) is 48.5. The lowest BCUT2D eigenvalue weighted by atomic mass is 9.92. The summed E-state index contributed by atoms with van der Waals surface area (Å²) in [5.41, 5.74) is 6.96. The van der Waals surface area contributed by atoms with Crippen molar-refractivity contribution in [2.45, 2.75) is 89.2 Å². The van der Waals surface area contributed by atoms with E-state index in [2.05, 4.69) is 10.9 Å². The molecule has 3 rings (SSSR count). The zero-order chi connectivity index (χ0) is 32.6. The first-order valence-electron chi connectivity index (χ1n) is 14.8. The normalized spacial score (nSPS) is 15.2. The Bertz CT molecular complexity index is 1430. The molecule has 1 saturated heterocycles.